The quantitative estimate of drug-likeness (QED) is 0.735. The summed E-state index contributed by atoms with van der Waals surface area (Å²) in [5, 5.41) is 12.7. The lowest BCUT2D eigenvalue weighted by Crippen LogP contribution is -2.43. The molecule has 0 spiro atoms. The van der Waals surface area contributed by atoms with Crippen molar-refractivity contribution in [2.24, 2.45) is 11.8 Å². The Morgan fingerprint density at radius 3 is 2.27 bits per heavy atom. The van der Waals surface area contributed by atoms with Gasteiger partial charge in [-0.15, -0.1) is 0 Å². The first kappa shape index (κ1) is 13.0. The molecule has 1 saturated carbocycles. The van der Waals surface area contributed by atoms with Crippen LogP contribution in [0.15, 0.2) is 0 Å². The Labute approximate surface area is 94.5 Å². The molecule has 0 aromatic rings. The lowest BCUT2D eigenvalue weighted by atomic mass is 9.86. The zero-order valence-corrected chi connectivity index (χ0v) is 10.5. The number of aliphatic hydroxyl groups is 1. The van der Waals surface area contributed by atoms with E-state index >= 15 is 0 Å². The molecule has 1 fully saturated rings. The Bertz CT molecular complexity index is 162. The summed E-state index contributed by atoms with van der Waals surface area (Å²) >= 11 is 0. The molecule has 0 aromatic heterocycles. The summed E-state index contributed by atoms with van der Waals surface area (Å²) in [6.07, 6.45) is 6.25. The zero-order chi connectivity index (χ0) is 11.3. The molecule has 15 heavy (non-hydrogen) atoms. The van der Waals surface area contributed by atoms with Gasteiger partial charge in [-0.2, -0.15) is 0 Å². The third kappa shape index (κ3) is 4.52. The highest BCUT2D eigenvalue weighted by Crippen LogP contribution is 2.24. The van der Waals surface area contributed by atoms with Crippen LogP contribution in [0.25, 0.3) is 0 Å². The Balaban J connectivity index is 2.31. The number of hydrogen-bond acceptors (Lipinski definition) is 2. The van der Waals surface area contributed by atoms with Gasteiger partial charge in [0.2, 0.25) is 0 Å². The second-order valence-electron chi connectivity index (χ2n) is 5.49. The minimum atomic E-state index is 0.305. The van der Waals surface area contributed by atoms with Gasteiger partial charge >= 0.3 is 0 Å². The topological polar surface area (TPSA) is 32.3 Å². The predicted molar refractivity (Wildman–Crippen MR) is 64.9 cm³/mol. The van der Waals surface area contributed by atoms with E-state index in [2.05, 4.69) is 26.1 Å². The molecule has 0 aromatic carbocycles. The number of aliphatic hydroxyl groups excluding tert-OH is 1. The highest BCUT2D eigenvalue weighted by Gasteiger charge is 2.22. The van der Waals surface area contributed by atoms with Gasteiger partial charge in [0.05, 0.1) is 0 Å². The molecular weight excluding hydrogens is 186 g/mol. The fraction of sp³-hybridized carbons (Fsp3) is 1.00. The first-order valence-electron chi connectivity index (χ1n) is 6.50. The Morgan fingerprint density at radius 2 is 1.80 bits per heavy atom. The second-order valence-corrected chi connectivity index (χ2v) is 5.49. The molecule has 90 valence electrons. The molecule has 0 radical (unpaired) electrons. The highest BCUT2D eigenvalue weighted by molar-refractivity contribution is 4.80. The maximum Gasteiger partial charge on any atom is 0.0445 e. The zero-order valence-electron chi connectivity index (χ0n) is 10.5. The van der Waals surface area contributed by atoms with Gasteiger partial charge in [-0.05, 0) is 43.9 Å². The molecule has 0 bridgehead atoms. The van der Waals surface area contributed by atoms with E-state index in [4.69, 9.17) is 5.11 Å². The third-order valence-corrected chi connectivity index (χ3v) is 3.71. The molecule has 2 nitrogen and oxygen atoms in total. The van der Waals surface area contributed by atoms with E-state index in [-0.39, 0.29) is 0 Å². The minimum Gasteiger partial charge on any atom is -0.396 e. The van der Waals surface area contributed by atoms with Crippen molar-refractivity contribution in [3.63, 3.8) is 0 Å². The SMILES string of the molecule is CC1CCC(NC(CCO)C(C)C)CC1. The van der Waals surface area contributed by atoms with Crippen molar-refractivity contribution in [1.82, 2.24) is 5.32 Å². The van der Waals surface area contributed by atoms with E-state index in [1.165, 1.54) is 25.7 Å². The first-order chi connectivity index (χ1) is 7.13. The second kappa shape index (κ2) is 6.49. The summed E-state index contributed by atoms with van der Waals surface area (Å²) in [5.74, 6) is 1.54. The van der Waals surface area contributed by atoms with E-state index in [9.17, 15) is 0 Å². The standard InChI is InChI=1S/C13H27NO/c1-10(2)13(8-9-15)14-12-6-4-11(3)5-7-12/h10-15H,4-9H2,1-3H3. The molecule has 0 heterocycles. The normalized spacial score (nSPS) is 29.4. The van der Waals surface area contributed by atoms with Crippen LogP contribution in [0.2, 0.25) is 0 Å². The molecule has 1 atom stereocenters. The van der Waals surface area contributed by atoms with Gasteiger partial charge in [-0.25, -0.2) is 0 Å². The molecule has 0 amide bonds. The number of rotatable bonds is 5. The lowest BCUT2D eigenvalue weighted by molar-refractivity contribution is 0.213. The van der Waals surface area contributed by atoms with Gasteiger partial charge in [0.1, 0.15) is 0 Å². The maximum atomic E-state index is 9.02. The Kier molecular flexibility index (Phi) is 5.62. The van der Waals surface area contributed by atoms with Gasteiger partial charge in [0.15, 0.2) is 0 Å². The maximum absolute atomic E-state index is 9.02. The Morgan fingerprint density at radius 1 is 1.20 bits per heavy atom. The highest BCUT2D eigenvalue weighted by atomic mass is 16.3. The fourth-order valence-corrected chi connectivity index (χ4v) is 2.48. The van der Waals surface area contributed by atoms with Crippen molar-refractivity contribution in [1.29, 1.82) is 0 Å². The van der Waals surface area contributed by atoms with Gasteiger partial charge in [0.25, 0.3) is 0 Å². The van der Waals surface area contributed by atoms with E-state index in [0.29, 0.717) is 24.6 Å². The molecule has 1 aliphatic carbocycles. The smallest absolute Gasteiger partial charge is 0.0445 e. The van der Waals surface area contributed by atoms with Crippen LogP contribution >= 0.6 is 0 Å². The van der Waals surface area contributed by atoms with Crippen LogP contribution in [0.5, 0.6) is 0 Å². The van der Waals surface area contributed by atoms with E-state index in [0.717, 1.165) is 12.3 Å². The van der Waals surface area contributed by atoms with Crippen LogP contribution in [-0.2, 0) is 0 Å². The molecule has 1 unspecified atom stereocenters. The van der Waals surface area contributed by atoms with E-state index in [1.54, 1.807) is 0 Å². The van der Waals surface area contributed by atoms with Crippen LogP contribution in [0, 0.1) is 11.8 Å². The molecule has 1 rings (SSSR count). The lowest BCUT2D eigenvalue weighted by Gasteiger charge is -2.32. The summed E-state index contributed by atoms with van der Waals surface area (Å²) in [6, 6.07) is 1.19. The van der Waals surface area contributed by atoms with Crippen molar-refractivity contribution in [2.75, 3.05) is 6.61 Å². The average molecular weight is 213 g/mol. The van der Waals surface area contributed by atoms with Gasteiger partial charge in [0, 0.05) is 18.7 Å². The van der Waals surface area contributed by atoms with Crippen LogP contribution in [0.1, 0.15) is 52.9 Å². The minimum absolute atomic E-state index is 0.305. The third-order valence-electron chi connectivity index (χ3n) is 3.71. The van der Waals surface area contributed by atoms with Crippen molar-refractivity contribution >= 4 is 0 Å². The van der Waals surface area contributed by atoms with Crippen LogP contribution in [0.4, 0.5) is 0 Å². The number of nitrogens with one attached hydrogen (secondary N) is 1. The van der Waals surface area contributed by atoms with Crippen molar-refractivity contribution < 1.29 is 5.11 Å². The summed E-state index contributed by atoms with van der Waals surface area (Å²) in [5.41, 5.74) is 0. The van der Waals surface area contributed by atoms with E-state index < -0.39 is 0 Å². The van der Waals surface area contributed by atoms with E-state index in [1.807, 2.05) is 0 Å². The predicted octanol–water partition coefficient (Wildman–Crippen LogP) is 2.56. The summed E-state index contributed by atoms with van der Waals surface area (Å²) in [4.78, 5) is 0. The molecule has 2 N–H and O–H groups in total. The largest absolute Gasteiger partial charge is 0.396 e. The summed E-state index contributed by atoms with van der Waals surface area (Å²) in [6.45, 7) is 7.13. The van der Waals surface area contributed by atoms with Crippen molar-refractivity contribution in [2.45, 2.75) is 65.0 Å². The van der Waals surface area contributed by atoms with Crippen molar-refractivity contribution in [3.8, 4) is 0 Å². The molecular formula is C13H27NO. The Hall–Kier alpha value is -0.0800. The summed E-state index contributed by atoms with van der Waals surface area (Å²) in [7, 11) is 0. The first-order valence-corrected chi connectivity index (χ1v) is 6.50. The molecule has 1 aliphatic rings. The number of hydrogen-bond donors (Lipinski definition) is 2. The molecule has 0 saturated heterocycles. The molecule has 2 heteroatoms. The van der Waals surface area contributed by atoms with Gasteiger partial charge in [-0.3, -0.25) is 0 Å². The van der Waals surface area contributed by atoms with Gasteiger partial charge in [-0.1, -0.05) is 20.8 Å². The fourth-order valence-electron chi connectivity index (χ4n) is 2.48. The molecule has 0 aliphatic heterocycles. The van der Waals surface area contributed by atoms with Crippen LogP contribution < -0.4 is 5.32 Å². The van der Waals surface area contributed by atoms with Crippen LogP contribution in [0.3, 0.4) is 0 Å². The average Bonchev–Trinajstić information content (AvgIpc) is 2.20. The van der Waals surface area contributed by atoms with Gasteiger partial charge < -0.3 is 10.4 Å². The monoisotopic (exact) mass is 213 g/mol. The summed E-state index contributed by atoms with van der Waals surface area (Å²) < 4.78 is 0. The van der Waals surface area contributed by atoms with Crippen LogP contribution in [-0.4, -0.2) is 23.8 Å². The van der Waals surface area contributed by atoms with Crippen molar-refractivity contribution in [3.05, 3.63) is 0 Å².